The summed E-state index contributed by atoms with van der Waals surface area (Å²) in [5, 5.41) is 9.84. The van der Waals surface area contributed by atoms with E-state index in [9.17, 15) is 5.11 Å². The van der Waals surface area contributed by atoms with Crippen LogP contribution in [0.15, 0.2) is 36.4 Å². The molecule has 0 bridgehead atoms. The van der Waals surface area contributed by atoms with Gasteiger partial charge >= 0.3 is 0 Å². The third kappa shape index (κ3) is 1.70. The average molecular weight is 177 g/mol. The molecule has 3 nitrogen and oxygen atoms in total. The second-order valence-electron chi connectivity index (χ2n) is 3.00. The molecular weight excluding hydrogens is 166 g/mol. The maximum Gasteiger partial charge on any atom is 0.104 e. The molecular formula is C10H11NO2. The average Bonchev–Trinajstić information content (AvgIpc) is 2.71. The van der Waals surface area contributed by atoms with E-state index in [1.807, 2.05) is 12.1 Å². The van der Waals surface area contributed by atoms with E-state index in [0.29, 0.717) is 6.61 Å². The van der Waals surface area contributed by atoms with Gasteiger partial charge in [0.25, 0.3) is 0 Å². The van der Waals surface area contributed by atoms with Crippen LogP contribution in [0.5, 0.6) is 0 Å². The monoisotopic (exact) mass is 177 g/mol. The van der Waals surface area contributed by atoms with Crippen LogP contribution in [0.4, 0.5) is 0 Å². The Bertz CT molecular complexity index is 308. The van der Waals surface area contributed by atoms with Crippen molar-refractivity contribution in [1.82, 2.24) is 4.98 Å². The largest absolute Gasteiger partial charge is 0.501 e. The van der Waals surface area contributed by atoms with Gasteiger partial charge < -0.3 is 9.84 Å². The number of ether oxygens (including phenoxy) is 1. The van der Waals surface area contributed by atoms with E-state index in [2.05, 4.69) is 4.98 Å². The molecule has 0 radical (unpaired) electrons. The fourth-order valence-electron chi connectivity index (χ4n) is 1.36. The molecule has 0 saturated heterocycles. The van der Waals surface area contributed by atoms with Gasteiger partial charge in [0, 0.05) is 24.4 Å². The number of hydrogen-bond acceptors (Lipinski definition) is 3. The second kappa shape index (κ2) is 3.58. The van der Waals surface area contributed by atoms with E-state index in [4.69, 9.17) is 4.74 Å². The summed E-state index contributed by atoms with van der Waals surface area (Å²) in [4.78, 5) is 3.89. The lowest BCUT2D eigenvalue weighted by molar-refractivity contribution is 0.213. The fourth-order valence-corrected chi connectivity index (χ4v) is 1.36. The molecule has 1 aromatic rings. The lowest BCUT2D eigenvalue weighted by Gasteiger charge is -2.09. The minimum Gasteiger partial charge on any atom is -0.501 e. The highest BCUT2D eigenvalue weighted by Gasteiger charge is 2.16. The highest BCUT2D eigenvalue weighted by molar-refractivity contribution is 5.24. The molecule has 1 N–H and O–H groups in total. The van der Waals surface area contributed by atoms with Crippen LogP contribution in [0.25, 0.3) is 0 Å². The number of aliphatic hydroxyl groups excluding tert-OH is 1. The van der Waals surface area contributed by atoms with Gasteiger partial charge in [-0.25, -0.2) is 0 Å². The lowest BCUT2D eigenvalue weighted by Crippen LogP contribution is -1.99. The van der Waals surface area contributed by atoms with Crippen LogP contribution in [-0.4, -0.2) is 16.7 Å². The molecule has 1 aliphatic rings. The molecule has 2 heterocycles. The summed E-state index contributed by atoms with van der Waals surface area (Å²) in [5.74, 6) is 0. The van der Waals surface area contributed by atoms with E-state index < -0.39 is 6.10 Å². The van der Waals surface area contributed by atoms with E-state index in [0.717, 1.165) is 17.6 Å². The van der Waals surface area contributed by atoms with Crippen LogP contribution in [0.2, 0.25) is 0 Å². The van der Waals surface area contributed by atoms with Crippen LogP contribution < -0.4 is 0 Å². The predicted octanol–water partition coefficient (Wildman–Crippen LogP) is 1.42. The number of aliphatic hydroxyl groups is 1. The molecule has 0 spiro atoms. The number of rotatable bonds is 2. The van der Waals surface area contributed by atoms with Gasteiger partial charge in [-0.05, 0) is 17.7 Å². The maximum absolute atomic E-state index is 9.84. The molecule has 3 heteroatoms. The van der Waals surface area contributed by atoms with Crippen LogP contribution >= 0.6 is 0 Å². The molecule has 1 unspecified atom stereocenters. The first-order valence-electron chi connectivity index (χ1n) is 4.26. The van der Waals surface area contributed by atoms with Crippen LogP contribution in [0, 0.1) is 0 Å². The highest BCUT2D eigenvalue weighted by Crippen LogP contribution is 2.26. The van der Waals surface area contributed by atoms with Crippen LogP contribution in [0.3, 0.4) is 0 Å². The van der Waals surface area contributed by atoms with Crippen LogP contribution in [0.1, 0.15) is 18.1 Å². The Morgan fingerprint density at radius 2 is 2.15 bits per heavy atom. The van der Waals surface area contributed by atoms with Crippen molar-refractivity contribution in [3.05, 3.63) is 41.9 Å². The number of hydrogen-bond donors (Lipinski definition) is 1. The standard InChI is InChI=1S/C10H11NO2/c12-10(9-3-6-13-7-9)8-1-4-11-5-2-8/h1-2,4-5,7,10,12H,3,6H2. The van der Waals surface area contributed by atoms with Gasteiger partial charge in [-0.2, -0.15) is 0 Å². The Hall–Kier alpha value is -1.35. The minimum atomic E-state index is -0.537. The van der Waals surface area contributed by atoms with Gasteiger partial charge in [0.15, 0.2) is 0 Å². The van der Waals surface area contributed by atoms with Gasteiger partial charge in [0.2, 0.25) is 0 Å². The van der Waals surface area contributed by atoms with Crippen molar-refractivity contribution in [2.24, 2.45) is 0 Å². The summed E-state index contributed by atoms with van der Waals surface area (Å²) in [5.41, 5.74) is 1.80. The predicted molar refractivity (Wildman–Crippen MR) is 47.8 cm³/mol. The van der Waals surface area contributed by atoms with E-state index in [1.54, 1.807) is 18.7 Å². The quantitative estimate of drug-likeness (QED) is 0.742. The molecule has 0 aliphatic carbocycles. The first-order valence-corrected chi connectivity index (χ1v) is 4.26. The van der Waals surface area contributed by atoms with Crippen molar-refractivity contribution in [3.63, 3.8) is 0 Å². The Kier molecular flexibility index (Phi) is 2.27. The van der Waals surface area contributed by atoms with Gasteiger partial charge in [-0.15, -0.1) is 0 Å². The zero-order chi connectivity index (χ0) is 9.10. The SMILES string of the molecule is OC(C1=COCC1)c1ccncc1. The first-order chi connectivity index (χ1) is 6.38. The molecule has 68 valence electrons. The molecule has 13 heavy (non-hydrogen) atoms. The van der Waals surface area contributed by atoms with Gasteiger partial charge in [0.05, 0.1) is 12.9 Å². The lowest BCUT2D eigenvalue weighted by atomic mass is 10.0. The van der Waals surface area contributed by atoms with Crippen molar-refractivity contribution in [2.45, 2.75) is 12.5 Å². The van der Waals surface area contributed by atoms with Gasteiger partial charge in [-0.1, -0.05) is 0 Å². The van der Waals surface area contributed by atoms with Gasteiger partial charge in [-0.3, -0.25) is 4.98 Å². The zero-order valence-electron chi connectivity index (χ0n) is 7.18. The zero-order valence-corrected chi connectivity index (χ0v) is 7.18. The Morgan fingerprint density at radius 3 is 2.77 bits per heavy atom. The number of pyridine rings is 1. The molecule has 1 aliphatic heterocycles. The van der Waals surface area contributed by atoms with Crippen molar-refractivity contribution in [2.75, 3.05) is 6.61 Å². The molecule has 2 rings (SSSR count). The van der Waals surface area contributed by atoms with E-state index in [1.165, 1.54) is 0 Å². The second-order valence-corrected chi connectivity index (χ2v) is 3.00. The third-order valence-electron chi connectivity index (χ3n) is 2.12. The summed E-state index contributed by atoms with van der Waals surface area (Å²) >= 11 is 0. The summed E-state index contributed by atoms with van der Waals surface area (Å²) in [7, 11) is 0. The molecule has 0 saturated carbocycles. The smallest absolute Gasteiger partial charge is 0.104 e. The summed E-state index contributed by atoms with van der Waals surface area (Å²) < 4.78 is 5.06. The minimum absolute atomic E-state index is 0.537. The highest BCUT2D eigenvalue weighted by atomic mass is 16.5. The van der Waals surface area contributed by atoms with Crippen molar-refractivity contribution >= 4 is 0 Å². The maximum atomic E-state index is 9.84. The first kappa shape index (κ1) is 8.26. The summed E-state index contributed by atoms with van der Waals surface area (Å²) in [6, 6.07) is 3.62. The number of nitrogens with zero attached hydrogens (tertiary/aromatic N) is 1. The summed E-state index contributed by atoms with van der Waals surface area (Å²) in [6.45, 7) is 0.678. The Balaban J connectivity index is 2.17. The van der Waals surface area contributed by atoms with E-state index >= 15 is 0 Å². The van der Waals surface area contributed by atoms with Gasteiger partial charge in [0.1, 0.15) is 6.10 Å². The molecule has 0 aromatic carbocycles. The summed E-state index contributed by atoms with van der Waals surface area (Å²) in [6.07, 6.45) is 5.27. The number of aromatic nitrogens is 1. The molecule has 1 atom stereocenters. The van der Waals surface area contributed by atoms with E-state index in [-0.39, 0.29) is 0 Å². The molecule has 1 aromatic heterocycles. The normalized spacial score (nSPS) is 17.8. The van der Waals surface area contributed by atoms with Crippen molar-refractivity contribution in [1.29, 1.82) is 0 Å². The fraction of sp³-hybridized carbons (Fsp3) is 0.300. The molecule has 0 fully saturated rings. The molecule has 0 amide bonds. The Labute approximate surface area is 76.7 Å². The van der Waals surface area contributed by atoms with Crippen LogP contribution in [-0.2, 0) is 4.74 Å². The third-order valence-corrected chi connectivity index (χ3v) is 2.12. The van der Waals surface area contributed by atoms with Crippen molar-refractivity contribution < 1.29 is 9.84 Å². The van der Waals surface area contributed by atoms with Crippen molar-refractivity contribution in [3.8, 4) is 0 Å². The topological polar surface area (TPSA) is 42.4 Å². The Morgan fingerprint density at radius 1 is 1.38 bits per heavy atom.